The first-order valence-electron chi connectivity index (χ1n) is 14.2. The molecule has 0 saturated heterocycles. The number of hydrogen-bond donors (Lipinski definition) is 4. The molecule has 0 fully saturated rings. The van der Waals surface area contributed by atoms with Crippen LogP contribution >= 0.6 is 0 Å². The van der Waals surface area contributed by atoms with Gasteiger partial charge in [-0.25, -0.2) is 4.79 Å². The molecule has 2 heterocycles. The molecular formula is C31H44N4O7. The first kappa shape index (κ1) is 33.0. The summed E-state index contributed by atoms with van der Waals surface area (Å²) in [5, 5.41) is 26.7. The van der Waals surface area contributed by atoms with Crippen LogP contribution < -0.4 is 21.8 Å². The van der Waals surface area contributed by atoms with E-state index in [-0.39, 0.29) is 23.3 Å². The lowest BCUT2D eigenvalue weighted by Crippen LogP contribution is -2.37. The molecule has 2 aliphatic heterocycles. The second-order valence-corrected chi connectivity index (χ2v) is 11.1. The minimum atomic E-state index is -0.970. The number of benzene rings is 1. The molecule has 1 aromatic rings. The highest BCUT2D eigenvalue weighted by Gasteiger charge is 2.30. The number of aliphatic hydroxyl groups excluding tert-OH is 1. The topological polar surface area (TPSA) is 165 Å². The van der Waals surface area contributed by atoms with Crippen molar-refractivity contribution in [2.24, 2.45) is 27.6 Å². The first-order valence-corrected chi connectivity index (χ1v) is 14.2. The summed E-state index contributed by atoms with van der Waals surface area (Å²) in [7, 11) is 3.02. The number of aliphatic hydroxyl groups is 1. The number of hydrogen-bond acceptors (Lipinski definition) is 9. The predicted molar refractivity (Wildman–Crippen MR) is 159 cm³/mol. The number of nitrogens with zero attached hydrogens (tertiary/aromatic N) is 2. The average Bonchev–Trinajstić information content (AvgIpc) is 3.19. The van der Waals surface area contributed by atoms with Crippen LogP contribution in [0.25, 0.3) is 0 Å². The van der Waals surface area contributed by atoms with E-state index in [2.05, 4.69) is 10.3 Å². The number of primary amides is 1. The van der Waals surface area contributed by atoms with Gasteiger partial charge in [0.05, 0.1) is 28.6 Å². The van der Waals surface area contributed by atoms with Gasteiger partial charge in [-0.1, -0.05) is 38.2 Å². The number of ether oxygens (including phenoxy) is 3. The van der Waals surface area contributed by atoms with Crippen LogP contribution in [-0.2, 0) is 25.4 Å². The summed E-state index contributed by atoms with van der Waals surface area (Å²) in [6.07, 6.45) is 4.37. The van der Waals surface area contributed by atoms with Crippen molar-refractivity contribution in [1.82, 2.24) is 0 Å². The maximum Gasteiger partial charge on any atom is 0.405 e. The van der Waals surface area contributed by atoms with Crippen LogP contribution in [0.15, 0.2) is 51.5 Å². The second kappa shape index (κ2) is 15.1. The van der Waals surface area contributed by atoms with Gasteiger partial charge in [-0.05, 0) is 50.7 Å². The Morgan fingerprint density at radius 3 is 2.52 bits per heavy atom. The average molecular weight is 585 g/mol. The van der Waals surface area contributed by atoms with Gasteiger partial charge in [0.25, 0.3) is 5.91 Å². The van der Waals surface area contributed by atoms with Crippen LogP contribution in [0.4, 0.5) is 10.5 Å². The number of fused-ring (bicyclic) bond motifs is 4. The van der Waals surface area contributed by atoms with Crippen LogP contribution in [-0.4, -0.2) is 73.9 Å². The molecule has 42 heavy (non-hydrogen) atoms. The van der Waals surface area contributed by atoms with Crippen molar-refractivity contribution in [2.75, 3.05) is 32.6 Å². The number of amides is 2. The number of phenolic OH excluding ortho intramolecular Hbond substituents is 1. The molecular weight excluding hydrogens is 540 g/mol. The van der Waals surface area contributed by atoms with Gasteiger partial charge >= 0.3 is 6.09 Å². The van der Waals surface area contributed by atoms with Gasteiger partial charge < -0.3 is 35.5 Å². The van der Waals surface area contributed by atoms with Crippen molar-refractivity contribution >= 4 is 17.7 Å². The van der Waals surface area contributed by atoms with Gasteiger partial charge in [0.1, 0.15) is 11.9 Å². The van der Waals surface area contributed by atoms with E-state index in [9.17, 15) is 19.8 Å². The number of anilines is 1. The Kier molecular flexibility index (Phi) is 11.8. The normalized spacial score (nSPS) is 31.0. The summed E-state index contributed by atoms with van der Waals surface area (Å²) >= 11 is 0. The van der Waals surface area contributed by atoms with Crippen molar-refractivity contribution in [3.63, 3.8) is 0 Å². The van der Waals surface area contributed by atoms with E-state index < -0.39 is 36.4 Å². The number of allylic oxidation sites excluding steroid dienone is 2. The predicted octanol–water partition coefficient (Wildman–Crippen LogP) is 2.50. The Hall–Kier alpha value is -3.54. The van der Waals surface area contributed by atoms with E-state index in [0.29, 0.717) is 53.4 Å². The zero-order valence-corrected chi connectivity index (χ0v) is 25.3. The van der Waals surface area contributed by atoms with Crippen molar-refractivity contribution in [2.45, 2.75) is 71.4 Å². The van der Waals surface area contributed by atoms with Crippen molar-refractivity contribution < 1.29 is 34.0 Å². The minimum absolute atomic E-state index is 0.0435. The van der Waals surface area contributed by atoms with Gasteiger partial charge in [0.2, 0.25) is 0 Å². The lowest BCUT2D eigenvalue weighted by Gasteiger charge is -2.29. The van der Waals surface area contributed by atoms with Gasteiger partial charge in [-0.15, -0.1) is 0 Å². The van der Waals surface area contributed by atoms with Crippen LogP contribution in [0.5, 0.6) is 5.75 Å². The lowest BCUT2D eigenvalue weighted by molar-refractivity contribution is -0.112. The Morgan fingerprint density at radius 2 is 1.86 bits per heavy atom. The molecule has 1 aromatic carbocycles. The monoisotopic (exact) mass is 584 g/mol. The van der Waals surface area contributed by atoms with Gasteiger partial charge in [-0.2, -0.15) is 0 Å². The fourth-order valence-corrected chi connectivity index (χ4v) is 5.35. The van der Waals surface area contributed by atoms with E-state index in [1.165, 1.54) is 7.11 Å². The molecule has 0 unspecified atom stereocenters. The third kappa shape index (κ3) is 8.27. The van der Waals surface area contributed by atoms with E-state index in [0.717, 1.165) is 6.42 Å². The maximum absolute atomic E-state index is 13.1. The number of carbonyl (C=O) groups is 2. The number of nitrogens with one attached hydrogen (secondary N) is 1. The second-order valence-electron chi connectivity index (χ2n) is 11.1. The molecule has 11 nitrogen and oxygen atoms in total. The largest absolute Gasteiger partial charge is 0.505 e. The Morgan fingerprint density at radius 1 is 1.14 bits per heavy atom. The first-order chi connectivity index (χ1) is 20.0. The van der Waals surface area contributed by atoms with E-state index in [4.69, 9.17) is 24.9 Å². The van der Waals surface area contributed by atoms with Crippen LogP contribution in [0, 0.1) is 11.8 Å². The Balaban J connectivity index is 2.15. The quantitative estimate of drug-likeness (QED) is 0.313. The van der Waals surface area contributed by atoms with Gasteiger partial charge in [-0.3, -0.25) is 14.8 Å². The number of carbonyl (C=O) groups excluding carboxylic acids is 2. The molecule has 0 aromatic heterocycles. The molecule has 2 aliphatic rings. The van der Waals surface area contributed by atoms with Crippen molar-refractivity contribution in [3.8, 4) is 5.75 Å². The van der Waals surface area contributed by atoms with Gasteiger partial charge in [0.15, 0.2) is 6.10 Å². The summed E-state index contributed by atoms with van der Waals surface area (Å²) in [6, 6.07) is 1.65. The molecule has 5 N–H and O–H groups in total. The SMILES string of the molecule is CO[C@H]1/C=C\C=C(/C)C(=O)Nc2cc3c(c(c2O)C[C@@H](C)C[C@H](OC)[C@H](O)[C@@H](C)/C=C(\C)[C@@H]1OC(N)=O)=NCCCN=3. The van der Waals surface area contributed by atoms with Crippen LogP contribution in [0.1, 0.15) is 46.1 Å². The van der Waals surface area contributed by atoms with E-state index >= 15 is 0 Å². The maximum atomic E-state index is 13.1. The number of rotatable bonds is 3. The van der Waals surface area contributed by atoms with Gasteiger partial charge in [0, 0.05) is 44.4 Å². The summed E-state index contributed by atoms with van der Waals surface area (Å²) in [4.78, 5) is 34.2. The molecule has 3 rings (SSSR count). The third-order valence-corrected chi connectivity index (χ3v) is 7.67. The molecule has 2 amide bonds. The smallest absolute Gasteiger partial charge is 0.405 e. The van der Waals surface area contributed by atoms with Crippen LogP contribution in [0.3, 0.4) is 0 Å². The summed E-state index contributed by atoms with van der Waals surface area (Å²) in [5.74, 6) is -0.888. The fourth-order valence-electron chi connectivity index (χ4n) is 5.35. The highest BCUT2D eigenvalue weighted by molar-refractivity contribution is 6.04. The number of nitrogens with two attached hydrogens (primary N) is 1. The van der Waals surface area contributed by atoms with Crippen molar-refractivity contribution in [1.29, 1.82) is 0 Å². The Labute approximate surface area is 246 Å². The fraction of sp³-hybridized carbons (Fsp3) is 0.548. The van der Waals surface area contributed by atoms with E-state index in [1.807, 2.05) is 19.9 Å². The molecule has 0 saturated carbocycles. The number of phenols is 1. The number of aromatic hydroxyl groups is 1. The third-order valence-electron chi connectivity index (χ3n) is 7.67. The van der Waals surface area contributed by atoms with E-state index in [1.54, 1.807) is 45.3 Å². The molecule has 230 valence electrons. The van der Waals surface area contributed by atoms with Crippen LogP contribution in [0.2, 0.25) is 0 Å². The highest BCUT2D eigenvalue weighted by atomic mass is 16.6. The zero-order valence-electron chi connectivity index (χ0n) is 25.3. The molecule has 11 heteroatoms. The lowest BCUT2D eigenvalue weighted by atomic mass is 9.88. The molecule has 0 spiro atoms. The standard InChI is InChI=1S/C31H44N4O7/c1-17-13-21-26-22(33-11-8-12-34-26)16-23(28(21)37)35-30(38)18(2)9-7-10-24(40-5)29(42-31(32)39)20(4)15-19(3)27(36)25(14-17)41-6/h7,9-10,15-17,19,24-25,27,29,36-37H,8,11-14H2,1-6H3,(H2,32,39)(H,35,38)/b10-7-,18-9+,20-15+/t17-,19+,24+,25+,27-,29+/m1/s1. The summed E-state index contributed by atoms with van der Waals surface area (Å²) in [5.41, 5.74) is 7.21. The molecule has 6 atom stereocenters. The molecule has 0 aliphatic carbocycles. The summed E-state index contributed by atoms with van der Waals surface area (Å²) in [6.45, 7) is 8.46. The minimum Gasteiger partial charge on any atom is -0.505 e. The zero-order chi connectivity index (χ0) is 31.0. The molecule has 2 bridgehead atoms. The highest BCUT2D eigenvalue weighted by Crippen LogP contribution is 2.29. The molecule has 0 radical (unpaired) electrons. The van der Waals surface area contributed by atoms with Crippen molar-refractivity contribution in [3.05, 3.63) is 57.8 Å². The number of methoxy groups -OCH3 is 2. The summed E-state index contributed by atoms with van der Waals surface area (Å²) < 4.78 is 16.7. The Bertz CT molecular complexity index is 1350.